The van der Waals surface area contributed by atoms with Crippen molar-refractivity contribution in [3.05, 3.63) is 35.4 Å². The van der Waals surface area contributed by atoms with Crippen molar-refractivity contribution < 1.29 is 9.59 Å². The summed E-state index contributed by atoms with van der Waals surface area (Å²) in [4.78, 5) is 25.7. The summed E-state index contributed by atoms with van der Waals surface area (Å²) in [5.74, 6) is 0.159. The molecule has 1 unspecified atom stereocenters. The second-order valence-corrected chi connectivity index (χ2v) is 5.00. The predicted molar refractivity (Wildman–Crippen MR) is 65.9 cm³/mol. The third-order valence-corrected chi connectivity index (χ3v) is 3.08. The standard InChI is InChI=1S/C14H17NO2/c1-9(2)8-10(3)15-13(16)11-6-4-5-7-12(11)14(15)17/h4-7,9-10H,8H2,1-3H3. The molecule has 0 bridgehead atoms. The minimum Gasteiger partial charge on any atom is -0.271 e. The van der Waals surface area contributed by atoms with Gasteiger partial charge < -0.3 is 0 Å². The van der Waals surface area contributed by atoms with E-state index in [1.165, 1.54) is 4.90 Å². The van der Waals surface area contributed by atoms with E-state index in [2.05, 4.69) is 13.8 Å². The van der Waals surface area contributed by atoms with Crippen LogP contribution in [-0.4, -0.2) is 22.8 Å². The summed E-state index contributed by atoms with van der Waals surface area (Å²) in [6, 6.07) is 6.98. The molecular formula is C14H17NO2. The summed E-state index contributed by atoms with van der Waals surface area (Å²) >= 11 is 0. The van der Waals surface area contributed by atoms with Crippen LogP contribution in [0.15, 0.2) is 24.3 Å². The topological polar surface area (TPSA) is 37.4 Å². The molecule has 1 aliphatic rings. The lowest BCUT2D eigenvalue weighted by Crippen LogP contribution is -2.38. The van der Waals surface area contributed by atoms with Crippen molar-refractivity contribution in [3.8, 4) is 0 Å². The third-order valence-electron chi connectivity index (χ3n) is 3.08. The van der Waals surface area contributed by atoms with Crippen LogP contribution in [0.2, 0.25) is 0 Å². The molecule has 3 nitrogen and oxygen atoms in total. The van der Waals surface area contributed by atoms with E-state index in [-0.39, 0.29) is 17.9 Å². The van der Waals surface area contributed by atoms with Crippen molar-refractivity contribution in [1.82, 2.24) is 4.90 Å². The lowest BCUT2D eigenvalue weighted by atomic mass is 10.0. The molecular weight excluding hydrogens is 214 g/mol. The summed E-state index contributed by atoms with van der Waals surface area (Å²) in [5, 5.41) is 0. The Morgan fingerprint density at radius 1 is 1.00 bits per heavy atom. The van der Waals surface area contributed by atoms with E-state index in [0.29, 0.717) is 17.0 Å². The van der Waals surface area contributed by atoms with Gasteiger partial charge >= 0.3 is 0 Å². The van der Waals surface area contributed by atoms with Crippen molar-refractivity contribution >= 4 is 11.8 Å². The molecule has 0 N–H and O–H groups in total. The SMILES string of the molecule is CC(C)CC(C)N1C(=O)c2ccccc2C1=O. The lowest BCUT2D eigenvalue weighted by molar-refractivity contribution is 0.0581. The van der Waals surface area contributed by atoms with Gasteiger partial charge in [-0.25, -0.2) is 0 Å². The first-order chi connectivity index (χ1) is 8.02. The van der Waals surface area contributed by atoms with E-state index in [0.717, 1.165) is 6.42 Å². The van der Waals surface area contributed by atoms with E-state index in [9.17, 15) is 9.59 Å². The zero-order valence-electron chi connectivity index (χ0n) is 10.4. The minimum atomic E-state index is -0.154. The van der Waals surface area contributed by atoms with Gasteiger partial charge in [-0.15, -0.1) is 0 Å². The van der Waals surface area contributed by atoms with Crippen LogP contribution in [0, 0.1) is 5.92 Å². The zero-order valence-corrected chi connectivity index (χ0v) is 10.4. The highest BCUT2D eigenvalue weighted by molar-refractivity contribution is 6.21. The normalized spacial score (nSPS) is 16.6. The third kappa shape index (κ3) is 1.97. The number of benzene rings is 1. The molecule has 2 rings (SSSR count). The van der Waals surface area contributed by atoms with Crippen LogP contribution in [0.25, 0.3) is 0 Å². The van der Waals surface area contributed by atoms with Gasteiger partial charge in [-0.2, -0.15) is 0 Å². The van der Waals surface area contributed by atoms with Crippen LogP contribution in [0.3, 0.4) is 0 Å². The number of fused-ring (bicyclic) bond motifs is 1. The highest BCUT2D eigenvalue weighted by atomic mass is 16.2. The predicted octanol–water partition coefficient (Wildman–Crippen LogP) is 2.72. The highest BCUT2D eigenvalue weighted by Gasteiger charge is 2.37. The molecule has 0 aliphatic carbocycles. The Hall–Kier alpha value is -1.64. The monoisotopic (exact) mass is 231 g/mol. The Balaban J connectivity index is 2.30. The van der Waals surface area contributed by atoms with Gasteiger partial charge in [0.1, 0.15) is 0 Å². The average Bonchev–Trinajstić information content (AvgIpc) is 2.51. The van der Waals surface area contributed by atoms with Crippen LogP contribution < -0.4 is 0 Å². The van der Waals surface area contributed by atoms with Crippen molar-refractivity contribution in [1.29, 1.82) is 0 Å². The van der Waals surface area contributed by atoms with Crippen molar-refractivity contribution in [2.45, 2.75) is 33.2 Å². The first kappa shape index (κ1) is 11.8. The van der Waals surface area contributed by atoms with E-state index in [4.69, 9.17) is 0 Å². The first-order valence-corrected chi connectivity index (χ1v) is 5.99. The lowest BCUT2D eigenvalue weighted by Gasteiger charge is -2.23. The van der Waals surface area contributed by atoms with Gasteiger partial charge in [0.25, 0.3) is 11.8 Å². The molecule has 0 saturated heterocycles. The molecule has 90 valence electrons. The molecule has 3 heteroatoms. The Kier molecular flexibility index (Phi) is 3.01. The van der Waals surface area contributed by atoms with Crippen LogP contribution >= 0.6 is 0 Å². The second-order valence-electron chi connectivity index (χ2n) is 5.00. The fourth-order valence-corrected chi connectivity index (χ4v) is 2.40. The molecule has 1 aliphatic heterocycles. The van der Waals surface area contributed by atoms with Gasteiger partial charge in [-0.3, -0.25) is 14.5 Å². The van der Waals surface area contributed by atoms with Crippen LogP contribution in [0.5, 0.6) is 0 Å². The summed E-state index contributed by atoms with van der Waals surface area (Å²) < 4.78 is 0. The number of hydrogen-bond acceptors (Lipinski definition) is 2. The molecule has 0 saturated carbocycles. The maximum absolute atomic E-state index is 12.1. The Morgan fingerprint density at radius 3 is 1.88 bits per heavy atom. The molecule has 1 atom stereocenters. The van der Waals surface area contributed by atoms with Crippen molar-refractivity contribution in [2.75, 3.05) is 0 Å². The Bertz CT molecular complexity index is 430. The molecule has 0 fully saturated rings. The zero-order chi connectivity index (χ0) is 12.6. The smallest absolute Gasteiger partial charge is 0.261 e. The number of hydrogen-bond donors (Lipinski definition) is 0. The van der Waals surface area contributed by atoms with Crippen molar-refractivity contribution in [2.24, 2.45) is 5.92 Å². The molecule has 0 aromatic heterocycles. The molecule has 1 aromatic carbocycles. The Labute approximate surface area is 101 Å². The first-order valence-electron chi connectivity index (χ1n) is 5.99. The van der Waals surface area contributed by atoms with Gasteiger partial charge in [-0.05, 0) is 31.4 Å². The van der Waals surface area contributed by atoms with Crippen molar-refractivity contribution in [3.63, 3.8) is 0 Å². The maximum atomic E-state index is 12.1. The quantitative estimate of drug-likeness (QED) is 0.750. The highest BCUT2D eigenvalue weighted by Crippen LogP contribution is 2.26. The maximum Gasteiger partial charge on any atom is 0.261 e. The molecule has 1 aromatic rings. The molecule has 0 radical (unpaired) electrons. The molecule has 1 heterocycles. The van der Waals surface area contributed by atoms with E-state index in [1.807, 2.05) is 6.92 Å². The van der Waals surface area contributed by atoms with Gasteiger partial charge in [-0.1, -0.05) is 26.0 Å². The minimum absolute atomic E-state index is 0.0394. The number of carbonyl (C=O) groups excluding carboxylic acids is 2. The van der Waals surface area contributed by atoms with E-state index in [1.54, 1.807) is 24.3 Å². The number of nitrogens with zero attached hydrogens (tertiary/aromatic N) is 1. The fraction of sp³-hybridized carbons (Fsp3) is 0.429. The largest absolute Gasteiger partial charge is 0.271 e. The van der Waals surface area contributed by atoms with Gasteiger partial charge in [0, 0.05) is 6.04 Å². The average molecular weight is 231 g/mol. The van der Waals surface area contributed by atoms with Crippen LogP contribution in [0.1, 0.15) is 47.9 Å². The summed E-state index contributed by atoms with van der Waals surface area (Å²) in [7, 11) is 0. The number of carbonyl (C=O) groups is 2. The fourth-order valence-electron chi connectivity index (χ4n) is 2.40. The second kappa shape index (κ2) is 4.32. The number of imide groups is 1. The van der Waals surface area contributed by atoms with Crippen LogP contribution in [0.4, 0.5) is 0 Å². The summed E-state index contributed by atoms with van der Waals surface area (Å²) in [6.07, 6.45) is 0.839. The molecule has 2 amide bonds. The van der Waals surface area contributed by atoms with Crippen LogP contribution in [-0.2, 0) is 0 Å². The molecule has 0 spiro atoms. The number of amides is 2. The van der Waals surface area contributed by atoms with Gasteiger partial charge in [0.2, 0.25) is 0 Å². The molecule has 17 heavy (non-hydrogen) atoms. The number of rotatable bonds is 3. The van der Waals surface area contributed by atoms with Gasteiger partial charge in [0.15, 0.2) is 0 Å². The van der Waals surface area contributed by atoms with E-state index < -0.39 is 0 Å². The van der Waals surface area contributed by atoms with Gasteiger partial charge in [0.05, 0.1) is 11.1 Å². The summed E-state index contributed by atoms with van der Waals surface area (Å²) in [6.45, 7) is 6.12. The van der Waals surface area contributed by atoms with E-state index >= 15 is 0 Å². The Morgan fingerprint density at radius 2 is 1.47 bits per heavy atom. The summed E-state index contributed by atoms with van der Waals surface area (Å²) in [5.41, 5.74) is 1.07.